The van der Waals surface area contributed by atoms with Crippen LogP contribution in [0, 0.1) is 0 Å². The first-order valence-electron chi connectivity index (χ1n) is 5.43. The molecule has 0 aromatic carbocycles. The van der Waals surface area contributed by atoms with E-state index >= 15 is 0 Å². The molecule has 2 aromatic rings. The number of nitrogens with zero attached hydrogens (tertiary/aromatic N) is 5. The van der Waals surface area contributed by atoms with Crippen LogP contribution in [0.1, 0.15) is 12.7 Å². The Morgan fingerprint density at radius 2 is 2.18 bits per heavy atom. The minimum Gasteiger partial charge on any atom is -0.363 e. The van der Waals surface area contributed by atoms with E-state index in [1.54, 1.807) is 17.2 Å². The Hall–Kier alpha value is -2.18. The van der Waals surface area contributed by atoms with Crippen molar-refractivity contribution in [3.63, 3.8) is 0 Å². The van der Waals surface area contributed by atoms with Crippen LogP contribution in [-0.2, 0) is 13.6 Å². The third-order valence-electron chi connectivity index (χ3n) is 2.07. The lowest BCUT2D eigenvalue weighted by atomic mass is 10.5. The Labute approximate surface area is 99.3 Å². The van der Waals surface area contributed by atoms with Crippen LogP contribution in [0.5, 0.6) is 0 Å². The largest absolute Gasteiger partial charge is 0.363 e. The minimum atomic E-state index is 0.545. The molecule has 0 amide bonds. The van der Waals surface area contributed by atoms with Gasteiger partial charge in [-0.1, -0.05) is 0 Å². The van der Waals surface area contributed by atoms with Crippen LogP contribution < -0.4 is 10.6 Å². The number of anilines is 2. The number of hydrogen-bond acceptors (Lipinski definition) is 6. The number of aryl methyl sites for hydroxylation is 1. The predicted molar refractivity (Wildman–Crippen MR) is 64.5 cm³/mol. The van der Waals surface area contributed by atoms with Gasteiger partial charge in [0.1, 0.15) is 12.1 Å². The second-order valence-electron chi connectivity index (χ2n) is 3.48. The van der Waals surface area contributed by atoms with Crippen LogP contribution >= 0.6 is 0 Å². The first-order chi connectivity index (χ1) is 8.28. The van der Waals surface area contributed by atoms with Crippen molar-refractivity contribution < 1.29 is 0 Å². The van der Waals surface area contributed by atoms with Crippen LogP contribution in [0.2, 0.25) is 0 Å². The van der Waals surface area contributed by atoms with Crippen molar-refractivity contribution in [1.82, 2.24) is 24.7 Å². The monoisotopic (exact) mass is 233 g/mol. The molecule has 0 aliphatic carbocycles. The summed E-state index contributed by atoms with van der Waals surface area (Å²) < 4.78 is 1.67. The summed E-state index contributed by atoms with van der Waals surface area (Å²) in [5.74, 6) is 2.10. The summed E-state index contributed by atoms with van der Waals surface area (Å²) in [6, 6.07) is 1.81. The van der Waals surface area contributed by atoms with Gasteiger partial charge in [0, 0.05) is 19.8 Å². The molecule has 0 unspecified atom stereocenters. The summed E-state index contributed by atoms with van der Waals surface area (Å²) in [5.41, 5.74) is 0. The van der Waals surface area contributed by atoms with Crippen LogP contribution in [0.3, 0.4) is 0 Å². The molecule has 0 aliphatic rings. The van der Waals surface area contributed by atoms with Gasteiger partial charge < -0.3 is 10.6 Å². The zero-order valence-corrected chi connectivity index (χ0v) is 9.88. The average molecular weight is 233 g/mol. The lowest BCUT2D eigenvalue weighted by Crippen LogP contribution is -2.07. The minimum absolute atomic E-state index is 0.545. The fourth-order valence-corrected chi connectivity index (χ4v) is 1.33. The first-order valence-corrected chi connectivity index (χ1v) is 5.43. The van der Waals surface area contributed by atoms with Gasteiger partial charge in [-0.15, -0.1) is 0 Å². The molecule has 0 aliphatic heterocycles. The lowest BCUT2D eigenvalue weighted by Gasteiger charge is -2.05. The van der Waals surface area contributed by atoms with Crippen LogP contribution in [0.4, 0.5) is 11.8 Å². The van der Waals surface area contributed by atoms with Crippen molar-refractivity contribution in [3.05, 3.63) is 24.4 Å². The van der Waals surface area contributed by atoms with E-state index in [0.717, 1.165) is 18.2 Å². The molecule has 0 saturated carbocycles. The third kappa shape index (κ3) is 3.13. The molecule has 90 valence electrons. The van der Waals surface area contributed by atoms with Gasteiger partial charge in [-0.05, 0) is 13.0 Å². The van der Waals surface area contributed by atoms with Crippen molar-refractivity contribution >= 4 is 11.8 Å². The van der Waals surface area contributed by atoms with Gasteiger partial charge in [-0.2, -0.15) is 10.1 Å². The maximum atomic E-state index is 4.29. The second kappa shape index (κ2) is 5.24. The quantitative estimate of drug-likeness (QED) is 0.789. The maximum Gasteiger partial charge on any atom is 0.224 e. The van der Waals surface area contributed by atoms with Gasteiger partial charge >= 0.3 is 0 Å². The Balaban J connectivity index is 1.96. The highest BCUT2D eigenvalue weighted by Gasteiger charge is 2.00. The first kappa shape index (κ1) is 11.3. The highest BCUT2D eigenvalue weighted by Crippen LogP contribution is 2.06. The van der Waals surface area contributed by atoms with E-state index in [0.29, 0.717) is 12.5 Å². The second-order valence-corrected chi connectivity index (χ2v) is 3.48. The van der Waals surface area contributed by atoms with E-state index in [1.165, 1.54) is 0 Å². The van der Waals surface area contributed by atoms with E-state index < -0.39 is 0 Å². The normalized spacial score (nSPS) is 10.2. The van der Waals surface area contributed by atoms with E-state index in [9.17, 15) is 0 Å². The molecule has 0 saturated heterocycles. The van der Waals surface area contributed by atoms with Gasteiger partial charge in [-0.25, -0.2) is 9.97 Å². The molecule has 2 heterocycles. The van der Waals surface area contributed by atoms with Crippen LogP contribution in [-0.4, -0.2) is 31.3 Å². The number of hydrogen-bond donors (Lipinski definition) is 2. The van der Waals surface area contributed by atoms with Crippen LogP contribution in [0.25, 0.3) is 0 Å². The molecule has 0 radical (unpaired) electrons. The third-order valence-corrected chi connectivity index (χ3v) is 2.07. The molecular weight excluding hydrogens is 218 g/mol. The summed E-state index contributed by atoms with van der Waals surface area (Å²) >= 11 is 0. The zero-order chi connectivity index (χ0) is 12.1. The molecule has 7 heteroatoms. The SMILES string of the molecule is CCNc1nccc(NCc2ncn(C)n2)n1. The van der Waals surface area contributed by atoms with Crippen molar-refractivity contribution in [2.45, 2.75) is 13.5 Å². The topological polar surface area (TPSA) is 80.5 Å². The molecule has 0 spiro atoms. The summed E-state index contributed by atoms with van der Waals surface area (Å²) in [4.78, 5) is 12.5. The molecule has 2 aromatic heterocycles. The molecule has 0 fully saturated rings. The summed E-state index contributed by atoms with van der Waals surface area (Å²) in [6.07, 6.45) is 3.38. The summed E-state index contributed by atoms with van der Waals surface area (Å²) in [7, 11) is 1.84. The predicted octanol–water partition coefficient (Wildman–Crippen LogP) is 0.649. The number of rotatable bonds is 5. The molecular formula is C10H15N7. The maximum absolute atomic E-state index is 4.29. The van der Waals surface area contributed by atoms with Gasteiger partial charge in [0.2, 0.25) is 5.95 Å². The van der Waals surface area contributed by atoms with E-state index in [-0.39, 0.29) is 0 Å². The fourth-order valence-electron chi connectivity index (χ4n) is 1.33. The molecule has 7 nitrogen and oxygen atoms in total. The lowest BCUT2D eigenvalue weighted by molar-refractivity contribution is 0.747. The van der Waals surface area contributed by atoms with E-state index in [1.807, 2.05) is 20.0 Å². The van der Waals surface area contributed by atoms with Crippen molar-refractivity contribution in [3.8, 4) is 0 Å². The van der Waals surface area contributed by atoms with Gasteiger partial charge in [0.05, 0.1) is 6.54 Å². The van der Waals surface area contributed by atoms with Gasteiger partial charge in [-0.3, -0.25) is 4.68 Å². The highest BCUT2D eigenvalue weighted by atomic mass is 15.3. The van der Waals surface area contributed by atoms with Crippen molar-refractivity contribution in [2.24, 2.45) is 7.05 Å². The molecule has 2 rings (SSSR count). The highest BCUT2D eigenvalue weighted by molar-refractivity contribution is 5.39. The molecule has 2 N–H and O–H groups in total. The number of aromatic nitrogens is 5. The Kier molecular flexibility index (Phi) is 3.49. The Morgan fingerprint density at radius 3 is 2.88 bits per heavy atom. The number of nitrogens with one attached hydrogen (secondary N) is 2. The zero-order valence-electron chi connectivity index (χ0n) is 9.88. The molecule has 17 heavy (non-hydrogen) atoms. The fraction of sp³-hybridized carbons (Fsp3) is 0.400. The molecule has 0 atom stereocenters. The van der Waals surface area contributed by atoms with E-state index in [2.05, 4.69) is 30.7 Å². The summed E-state index contributed by atoms with van der Waals surface area (Å²) in [6.45, 7) is 3.34. The van der Waals surface area contributed by atoms with Gasteiger partial charge in [0.15, 0.2) is 5.82 Å². The van der Waals surface area contributed by atoms with Crippen molar-refractivity contribution in [1.29, 1.82) is 0 Å². The Morgan fingerprint density at radius 1 is 1.29 bits per heavy atom. The molecule has 0 bridgehead atoms. The summed E-state index contributed by atoms with van der Waals surface area (Å²) in [5, 5.41) is 10.4. The average Bonchev–Trinajstić information content (AvgIpc) is 2.74. The van der Waals surface area contributed by atoms with Crippen molar-refractivity contribution in [2.75, 3.05) is 17.2 Å². The van der Waals surface area contributed by atoms with E-state index in [4.69, 9.17) is 0 Å². The smallest absolute Gasteiger partial charge is 0.224 e. The van der Waals surface area contributed by atoms with Crippen LogP contribution in [0.15, 0.2) is 18.6 Å². The van der Waals surface area contributed by atoms with Gasteiger partial charge in [0.25, 0.3) is 0 Å². The Bertz CT molecular complexity index is 479. The standard InChI is InChI=1S/C10H15N7/c1-3-11-10-12-5-4-8(15-10)13-6-9-14-7-17(2)16-9/h4-5,7H,3,6H2,1-2H3,(H2,11,12,13,15).